The molecule has 2 rings (SSSR count). The van der Waals surface area contributed by atoms with Crippen LogP contribution in [-0.2, 0) is 9.47 Å². The molecule has 2 aliphatic rings. The Balaban J connectivity index is 1.91. The zero-order valence-corrected chi connectivity index (χ0v) is 9.19. The Labute approximate surface area is 90.5 Å². The summed E-state index contributed by atoms with van der Waals surface area (Å²) in [6.45, 7) is 6.27. The molecule has 2 heterocycles. The summed E-state index contributed by atoms with van der Waals surface area (Å²) in [5, 5.41) is 10.0. The molecular formula is C11H19NO3. The molecule has 0 spiro atoms. The first-order chi connectivity index (χ1) is 7.31. The van der Waals surface area contributed by atoms with Crippen molar-refractivity contribution in [3.05, 3.63) is 11.8 Å². The third-order valence-electron chi connectivity index (χ3n) is 3.00. The third-order valence-corrected chi connectivity index (χ3v) is 3.00. The lowest BCUT2D eigenvalue weighted by atomic mass is 10.1. The van der Waals surface area contributed by atoms with E-state index in [-0.39, 0.29) is 6.10 Å². The van der Waals surface area contributed by atoms with Crippen LogP contribution in [0.4, 0.5) is 0 Å². The summed E-state index contributed by atoms with van der Waals surface area (Å²) in [5.41, 5.74) is 0. The number of nitrogens with zero attached hydrogens (tertiary/aromatic N) is 1. The van der Waals surface area contributed by atoms with Gasteiger partial charge >= 0.3 is 0 Å². The predicted octanol–water partition coefficient (Wildman–Crippen LogP) is 0.372. The Morgan fingerprint density at radius 3 is 3.13 bits per heavy atom. The van der Waals surface area contributed by atoms with Crippen LogP contribution >= 0.6 is 0 Å². The summed E-state index contributed by atoms with van der Waals surface area (Å²) in [7, 11) is 0. The minimum atomic E-state index is -0.596. The topological polar surface area (TPSA) is 41.9 Å². The van der Waals surface area contributed by atoms with Gasteiger partial charge in [0, 0.05) is 19.5 Å². The molecule has 15 heavy (non-hydrogen) atoms. The SMILES string of the molecule is CCN1CCOC(C(O)C2=CCCO2)C1. The molecule has 1 N–H and O–H groups in total. The molecule has 0 radical (unpaired) electrons. The fourth-order valence-electron chi connectivity index (χ4n) is 2.04. The number of hydrogen-bond acceptors (Lipinski definition) is 4. The monoisotopic (exact) mass is 213 g/mol. The molecule has 1 saturated heterocycles. The number of morpholine rings is 1. The maximum Gasteiger partial charge on any atom is 0.138 e. The first-order valence-electron chi connectivity index (χ1n) is 5.66. The molecule has 2 atom stereocenters. The van der Waals surface area contributed by atoms with Gasteiger partial charge in [0.2, 0.25) is 0 Å². The van der Waals surface area contributed by atoms with Crippen LogP contribution in [0.5, 0.6) is 0 Å². The van der Waals surface area contributed by atoms with Gasteiger partial charge in [0.1, 0.15) is 18.0 Å². The molecule has 0 aromatic carbocycles. The maximum atomic E-state index is 10.0. The third kappa shape index (κ3) is 2.51. The molecule has 86 valence electrons. The highest BCUT2D eigenvalue weighted by atomic mass is 16.5. The minimum absolute atomic E-state index is 0.136. The molecule has 0 aromatic rings. The van der Waals surface area contributed by atoms with Crippen LogP contribution in [-0.4, -0.2) is 55.1 Å². The normalized spacial score (nSPS) is 29.7. The van der Waals surface area contributed by atoms with E-state index in [0.717, 1.165) is 26.1 Å². The van der Waals surface area contributed by atoms with Gasteiger partial charge in [0.05, 0.1) is 13.2 Å². The fourth-order valence-corrected chi connectivity index (χ4v) is 2.04. The van der Waals surface area contributed by atoms with Crippen molar-refractivity contribution in [2.45, 2.75) is 25.6 Å². The molecule has 0 aromatic heterocycles. The second kappa shape index (κ2) is 4.96. The van der Waals surface area contributed by atoms with Gasteiger partial charge in [0.15, 0.2) is 0 Å². The van der Waals surface area contributed by atoms with Crippen LogP contribution < -0.4 is 0 Å². The average molecular weight is 213 g/mol. The van der Waals surface area contributed by atoms with Crippen molar-refractivity contribution in [2.75, 3.05) is 32.8 Å². The van der Waals surface area contributed by atoms with Gasteiger partial charge in [-0.15, -0.1) is 0 Å². The quantitative estimate of drug-likeness (QED) is 0.735. The van der Waals surface area contributed by atoms with Crippen LogP contribution in [0.15, 0.2) is 11.8 Å². The van der Waals surface area contributed by atoms with Crippen LogP contribution in [0.2, 0.25) is 0 Å². The largest absolute Gasteiger partial charge is 0.495 e. The molecule has 0 saturated carbocycles. The summed E-state index contributed by atoms with van der Waals surface area (Å²) < 4.78 is 10.9. The van der Waals surface area contributed by atoms with Crippen molar-refractivity contribution in [1.82, 2.24) is 4.90 Å². The highest BCUT2D eigenvalue weighted by Gasteiger charge is 2.30. The number of rotatable bonds is 3. The average Bonchev–Trinajstić information content (AvgIpc) is 2.81. The lowest BCUT2D eigenvalue weighted by molar-refractivity contribution is -0.0876. The van der Waals surface area contributed by atoms with E-state index in [9.17, 15) is 5.11 Å². The molecule has 4 nitrogen and oxygen atoms in total. The molecule has 0 amide bonds. The fraction of sp³-hybridized carbons (Fsp3) is 0.818. The van der Waals surface area contributed by atoms with Crippen LogP contribution in [0.1, 0.15) is 13.3 Å². The standard InChI is InChI=1S/C11H19NO3/c1-2-12-5-7-15-10(8-12)11(13)9-4-3-6-14-9/h4,10-11,13H,2-3,5-8H2,1H3. The summed E-state index contributed by atoms with van der Waals surface area (Å²) in [6, 6.07) is 0. The molecule has 2 unspecified atom stereocenters. The maximum absolute atomic E-state index is 10.0. The zero-order valence-electron chi connectivity index (χ0n) is 9.19. The first-order valence-corrected chi connectivity index (χ1v) is 5.66. The Morgan fingerprint density at radius 1 is 1.60 bits per heavy atom. The van der Waals surface area contributed by atoms with E-state index >= 15 is 0 Å². The van der Waals surface area contributed by atoms with Gasteiger partial charge < -0.3 is 14.6 Å². The Morgan fingerprint density at radius 2 is 2.47 bits per heavy atom. The lowest BCUT2D eigenvalue weighted by Crippen LogP contribution is -2.48. The van der Waals surface area contributed by atoms with Crippen molar-refractivity contribution < 1.29 is 14.6 Å². The molecule has 4 heteroatoms. The van der Waals surface area contributed by atoms with Crippen molar-refractivity contribution in [2.24, 2.45) is 0 Å². The number of hydrogen-bond donors (Lipinski definition) is 1. The molecule has 0 aliphatic carbocycles. The van der Waals surface area contributed by atoms with Crippen molar-refractivity contribution in [3.8, 4) is 0 Å². The summed E-state index contributed by atoms with van der Waals surface area (Å²) >= 11 is 0. The number of aliphatic hydroxyl groups is 1. The van der Waals surface area contributed by atoms with E-state index < -0.39 is 6.10 Å². The summed E-state index contributed by atoms with van der Waals surface area (Å²) in [5.74, 6) is 0.693. The Bertz CT molecular complexity index is 242. The number of likely N-dealkylation sites (N-methyl/N-ethyl adjacent to an activating group) is 1. The van der Waals surface area contributed by atoms with Crippen LogP contribution in [0, 0.1) is 0 Å². The summed E-state index contributed by atoms with van der Waals surface area (Å²) in [6.07, 6.45) is 2.13. The highest BCUT2D eigenvalue weighted by molar-refractivity contribution is 5.07. The number of ether oxygens (including phenoxy) is 2. The van der Waals surface area contributed by atoms with Crippen LogP contribution in [0.25, 0.3) is 0 Å². The molecule has 2 aliphatic heterocycles. The highest BCUT2D eigenvalue weighted by Crippen LogP contribution is 2.19. The predicted molar refractivity (Wildman–Crippen MR) is 56.5 cm³/mol. The van der Waals surface area contributed by atoms with Gasteiger partial charge in [-0.05, 0) is 12.6 Å². The minimum Gasteiger partial charge on any atom is -0.495 e. The molecule has 1 fully saturated rings. The number of aliphatic hydroxyl groups excluding tert-OH is 1. The second-order valence-corrected chi connectivity index (χ2v) is 3.99. The molecule has 0 bridgehead atoms. The van der Waals surface area contributed by atoms with Gasteiger partial charge in [0.25, 0.3) is 0 Å². The van der Waals surface area contributed by atoms with Gasteiger partial charge in [-0.2, -0.15) is 0 Å². The van der Waals surface area contributed by atoms with Crippen molar-refractivity contribution in [1.29, 1.82) is 0 Å². The molecular weight excluding hydrogens is 194 g/mol. The van der Waals surface area contributed by atoms with E-state index in [1.807, 2.05) is 6.08 Å². The zero-order chi connectivity index (χ0) is 10.7. The van der Waals surface area contributed by atoms with E-state index in [2.05, 4.69) is 11.8 Å². The van der Waals surface area contributed by atoms with Gasteiger partial charge in [-0.25, -0.2) is 0 Å². The Hall–Kier alpha value is -0.580. The van der Waals surface area contributed by atoms with E-state index in [1.165, 1.54) is 0 Å². The first kappa shape index (κ1) is 10.9. The van der Waals surface area contributed by atoms with Crippen LogP contribution in [0.3, 0.4) is 0 Å². The summed E-state index contributed by atoms with van der Waals surface area (Å²) in [4.78, 5) is 2.28. The van der Waals surface area contributed by atoms with Gasteiger partial charge in [-0.1, -0.05) is 6.92 Å². The smallest absolute Gasteiger partial charge is 0.138 e. The van der Waals surface area contributed by atoms with E-state index in [1.54, 1.807) is 0 Å². The second-order valence-electron chi connectivity index (χ2n) is 3.99. The van der Waals surface area contributed by atoms with Crippen molar-refractivity contribution >= 4 is 0 Å². The van der Waals surface area contributed by atoms with E-state index in [4.69, 9.17) is 9.47 Å². The lowest BCUT2D eigenvalue weighted by Gasteiger charge is -2.34. The van der Waals surface area contributed by atoms with E-state index in [0.29, 0.717) is 19.0 Å². The van der Waals surface area contributed by atoms with Crippen molar-refractivity contribution in [3.63, 3.8) is 0 Å². The van der Waals surface area contributed by atoms with Gasteiger partial charge in [-0.3, -0.25) is 4.90 Å². The Kier molecular flexibility index (Phi) is 3.61.